The molecule has 0 atom stereocenters. The molecule has 5 heavy (non-hydrogen) atoms. The third-order valence-electron chi connectivity index (χ3n) is 0.101. The Morgan fingerprint density at radius 3 is 2.60 bits per heavy atom. The zero-order chi connectivity index (χ0) is 4.12. The summed E-state index contributed by atoms with van der Waals surface area (Å²) in [5.74, 6) is 4.59. The Bertz CT molecular complexity index is 30.8. The molecule has 0 rings (SSSR count). The van der Waals surface area contributed by atoms with Crippen LogP contribution < -0.4 is 10.7 Å². The summed E-state index contributed by atoms with van der Waals surface area (Å²) in [6, 6.07) is 0. The Kier molecular flexibility index (Phi) is 3.89. The molecular formula is CH3N2OS. The van der Waals surface area contributed by atoms with E-state index in [9.17, 15) is 0 Å². The number of hydrazine groups is 1. The van der Waals surface area contributed by atoms with E-state index in [1.165, 1.54) is 5.62 Å². The maximum Gasteiger partial charge on any atom is 0.283 e. The van der Waals surface area contributed by atoms with Gasteiger partial charge in [0.25, 0.3) is 5.62 Å². The average Bonchev–Trinajstić information content (AvgIpc) is 1.41. The first-order valence-corrected chi connectivity index (χ1v) is 1.72. The Morgan fingerprint density at radius 2 is 2.60 bits per heavy atom. The number of hydrogen-bond acceptors (Lipinski definition) is 4. The lowest BCUT2D eigenvalue weighted by molar-refractivity contribution is 0.569. The molecule has 29 valence electrons. The average molecular weight is 91.1 g/mol. The monoisotopic (exact) mass is 91.0 g/mol. The van der Waals surface area contributed by atoms with Gasteiger partial charge >= 0.3 is 0 Å². The second-order valence-corrected chi connectivity index (χ2v) is 0.910. The minimum Gasteiger partial charge on any atom is -0.276 e. The van der Waals surface area contributed by atoms with Crippen molar-refractivity contribution < 1.29 is 4.79 Å². The van der Waals surface area contributed by atoms with Crippen LogP contribution in [0.1, 0.15) is 0 Å². The van der Waals surface area contributed by atoms with Crippen molar-refractivity contribution in [2.45, 2.75) is 0 Å². The van der Waals surface area contributed by atoms with Crippen molar-refractivity contribution >= 4 is 17.6 Å². The van der Waals surface area contributed by atoms with Crippen molar-refractivity contribution in [2.24, 2.45) is 5.84 Å². The van der Waals surface area contributed by atoms with E-state index in [0.29, 0.717) is 11.9 Å². The molecule has 0 aromatic rings. The van der Waals surface area contributed by atoms with E-state index in [1.807, 2.05) is 4.83 Å². The summed E-state index contributed by atoms with van der Waals surface area (Å²) in [4.78, 5) is 11.1. The molecule has 0 aliphatic heterocycles. The highest BCUT2D eigenvalue weighted by atomic mass is 32.2. The van der Waals surface area contributed by atoms with E-state index in [0.717, 1.165) is 0 Å². The second kappa shape index (κ2) is 3.94. The molecule has 3 nitrogen and oxygen atoms in total. The number of nitrogens with one attached hydrogen (secondary N) is 1. The minimum absolute atomic E-state index is 0.685. The third-order valence-corrected chi connectivity index (χ3v) is 0.302. The summed E-state index contributed by atoms with van der Waals surface area (Å²) in [5.41, 5.74) is 1.45. The predicted molar refractivity (Wildman–Crippen MR) is 20.6 cm³/mol. The quantitative estimate of drug-likeness (QED) is 0.264. The maximum atomic E-state index is 9.10. The number of nitrogens with two attached hydrogens (primary N) is 1. The summed E-state index contributed by atoms with van der Waals surface area (Å²) < 4.78 is 0. The van der Waals surface area contributed by atoms with Gasteiger partial charge in [0.2, 0.25) is 0 Å². The highest BCUT2D eigenvalue weighted by Crippen LogP contribution is 1.72. The molecule has 0 fully saturated rings. The topological polar surface area (TPSA) is 55.1 Å². The fraction of sp³-hybridized carbons (Fsp3) is 0. The summed E-state index contributed by atoms with van der Waals surface area (Å²) in [5, 5.41) is 0. The van der Waals surface area contributed by atoms with Crippen molar-refractivity contribution in [3.63, 3.8) is 0 Å². The lowest BCUT2D eigenvalue weighted by Gasteiger charge is -1.74. The fourth-order valence-corrected chi connectivity index (χ4v) is 0.0722. The van der Waals surface area contributed by atoms with Gasteiger partial charge in [-0.3, -0.25) is 10.6 Å². The Hall–Kier alpha value is -0.0600. The van der Waals surface area contributed by atoms with Gasteiger partial charge in [-0.2, -0.15) is 4.83 Å². The third kappa shape index (κ3) is 3.94. The summed E-state index contributed by atoms with van der Waals surface area (Å²) in [6.45, 7) is 0. The van der Waals surface area contributed by atoms with E-state index in [-0.39, 0.29) is 0 Å². The molecule has 0 heterocycles. The van der Waals surface area contributed by atoms with E-state index in [2.05, 4.69) is 5.84 Å². The number of hydrogen-bond donors (Lipinski definition) is 2. The van der Waals surface area contributed by atoms with Gasteiger partial charge in [-0.15, -0.1) is 0 Å². The van der Waals surface area contributed by atoms with Gasteiger partial charge in [-0.05, 0) is 0 Å². The van der Waals surface area contributed by atoms with Crippen LogP contribution in [-0.4, -0.2) is 5.62 Å². The van der Waals surface area contributed by atoms with Crippen LogP contribution in [-0.2, 0) is 4.79 Å². The van der Waals surface area contributed by atoms with Crippen LogP contribution in [0.4, 0.5) is 0 Å². The van der Waals surface area contributed by atoms with Crippen LogP contribution in [0, 0.1) is 0 Å². The summed E-state index contributed by atoms with van der Waals surface area (Å²) in [7, 11) is 0. The molecule has 0 aliphatic carbocycles. The molecule has 0 aliphatic rings. The molecule has 0 spiro atoms. The van der Waals surface area contributed by atoms with Crippen LogP contribution in [0.15, 0.2) is 0 Å². The Balaban J connectivity index is 2.40. The standard InChI is InChI=1S/CH3N2OS/c2-3-5-1-4/h3H,2H2. The van der Waals surface area contributed by atoms with Crippen LogP contribution in [0.3, 0.4) is 0 Å². The largest absolute Gasteiger partial charge is 0.283 e. The van der Waals surface area contributed by atoms with Gasteiger partial charge in [0.1, 0.15) is 0 Å². The van der Waals surface area contributed by atoms with Crippen molar-refractivity contribution in [1.29, 1.82) is 0 Å². The van der Waals surface area contributed by atoms with E-state index in [1.54, 1.807) is 0 Å². The first-order chi connectivity index (χ1) is 2.41. The highest BCUT2D eigenvalue weighted by molar-refractivity contribution is 8.10. The molecule has 0 aromatic heterocycles. The molecule has 3 N–H and O–H groups in total. The zero-order valence-electron chi connectivity index (χ0n) is 2.39. The predicted octanol–water partition coefficient (Wildman–Crippen LogP) is -0.835. The van der Waals surface area contributed by atoms with Gasteiger partial charge in [0.15, 0.2) is 0 Å². The number of carbonyl (C=O) groups excluding carboxylic acids is 1. The van der Waals surface area contributed by atoms with Crippen LogP contribution >= 0.6 is 11.9 Å². The molecular weight excluding hydrogens is 88.1 g/mol. The first kappa shape index (κ1) is 4.94. The maximum absolute atomic E-state index is 9.10. The van der Waals surface area contributed by atoms with Crippen molar-refractivity contribution in [3.05, 3.63) is 0 Å². The SMILES string of the molecule is NNS[C]=O. The van der Waals surface area contributed by atoms with Gasteiger partial charge in [0.05, 0.1) is 0 Å². The minimum atomic E-state index is 0.685. The van der Waals surface area contributed by atoms with Crippen molar-refractivity contribution in [2.75, 3.05) is 0 Å². The van der Waals surface area contributed by atoms with Crippen molar-refractivity contribution in [1.82, 2.24) is 4.83 Å². The molecule has 0 unspecified atom stereocenters. The first-order valence-electron chi connectivity index (χ1n) is 0.901. The van der Waals surface area contributed by atoms with Crippen LogP contribution in [0.25, 0.3) is 0 Å². The summed E-state index contributed by atoms with van der Waals surface area (Å²) in [6.07, 6.45) is 0. The smallest absolute Gasteiger partial charge is 0.276 e. The van der Waals surface area contributed by atoms with Crippen molar-refractivity contribution in [3.8, 4) is 0 Å². The van der Waals surface area contributed by atoms with Gasteiger partial charge in [-0.25, -0.2) is 0 Å². The molecule has 0 saturated carbocycles. The molecule has 0 aromatic carbocycles. The van der Waals surface area contributed by atoms with Gasteiger partial charge in [-0.1, -0.05) is 0 Å². The van der Waals surface area contributed by atoms with Crippen LogP contribution in [0.2, 0.25) is 0 Å². The molecule has 0 bridgehead atoms. The lowest BCUT2D eigenvalue weighted by atomic mass is 11.8. The highest BCUT2D eigenvalue weighted by Gasteiger charge is 1.66. The van der Waals surface area contributed by atoms with E-state index in [4.69, 9.17) is 4.79 Å². The molecule has 0 amide bonds. The Labute approximate surface area is 34.0 Å². The second-order valence-electron chi connectivity index (χ2n) is 0.303. The molecule has 4 heteroatoms. The summed E-state index contributed by atoms with van der Waals surface area (Å²) >= 11 is 0.685. The normalized spacial score (nSPS) is 7.40. The Morgan fingerprint density at radius 1 is 2.00 bits per heavy atom. The fourth-order valence-electron chi connectivity index (χ4n) is 0.0241. The number of rotatable bonds is 2. The van der Waals surface area contributed by atoms with Gasteiger partial charge in [0, 0.05) is 11.9 Å². The molecule has 0 saturated heterocycles. The van der Waals surface area contributed by atoms with Gasteiger partial charge < -0.3 is 0 Å². The van der Waals surface area contributed by atoms with Crippen LogP contribution in [0.5, 0.6) is 0 Å². The lowest BCUT2D eigenvalue weighted by Crippen LogP contribution is -2.10. The van der Waals surface area contributed by atoms with E-state index < -0.39 is 0 Å². The molecule has 1 radical (unpaired) electrons. The zero-order valence-corrected chi connectivity index (χ0v) is 3.21. The van der Waals surface area contributed by atoms with E-state index >= 15 is 0 Å².